The van der Waals surface area contributed by atoms with Crippen molar-refractivity contribution < 1.29 is 13.2 Å². The molecule has 0 fully saturated rings. The average Bonchev–Trinajstić information content (AvgIpc) is 2.12. The number of nitrogens with two attached hydrogens (primary N) is 1. The molecule has 88 valence electrons. The summed E-state index contributed by atoms with van der Waals surface area (Å²) < 4.78 is 36.1. The quantitative estimate of drug-likeness (QED) is 0.541. The van der Waals surface area contributed by atoms with Gasteiger partial charge in [0, 0.05) is 20.1 Å². The van der Waals surface area contributed by atoms with Gasteiger partial charge >= 0.3 is 6.18 Å². The Kier molecular flexibility index (Phi) is 5.13. The molecule has 0 saturated heterocycles. The number of likely N-dealkylation sites (N-methyl/N-ethyl adjacent to an activating group) is 2. The third-order valence-electron chi connectivity index (χ3n) is 1.67. The maximum absolute atomic E-state index is 12.0. The van der Waals surface area contributed by atoms with Gasteiger partial charge in [-0.05, 0) is 7.05 Å². The van der Waals surface area contributed by atoms with Gasteiger partial charge in [-0.25, -0.2) is 4.99 Å². The Morgan fingerprint density at radius 1 is 1.53 bits per heavy atom. The fourth-order valence-electron chi connectivity index (χ4n) is 0.681. The zero-order valence-electron chi connectivity index (χ0n) is 8.73. The molecule has 3 N–H and O–H groups in total. The first-order chi connectivity index (χ1) is 6.79. The zero-order chi connectivity index (χ0) is 12.1. The van der Waals surface area contributed by atoms with E-state index in [2.05, 4.69) is 16.9 Å². The van der Waals surface area contributed by atoms with Crippen molar-refractivity contribution in [2.45, 2.75) is 6.18 Å². The van der Waals surface area contributed by atoms with E-state index in [1.807, 2.05) is 0 Å². The van der Waals surface area contributed by atoms with E-state index >= 15 is 0 Å². The van der Waals surface area contributed by atoms with Gasteiger partial charge in [-0.3, -0.25) is 0 Å². The summed E-state index contributed by atoms with van der Waals surface area (Å²) in [5, 5.41) is 2.84. The minimum atomic E-state index is -4.53. The highest BCUT2D eigenvalue weighted by atomic mass is 19.4. The molecule has 0 aromatic rings. The fourth-order valence-corrected chi connectivity index (χ4v) is 0.681. The second kappa shape index (κ2) is 5.59. The lowest BCUT2D eigenvalue weighted by molar-refractivity contribution is -0.0920. The van der Waals surface area contributed by atoms with Crippen LogP contribution in [0.5, 0.6) is 0 Å². The SMILES string of the molecule is C=C(N=C(N)N(C)CCNC)C(F)(F)F. The summed E-state index contributed by atoms with van der Waals surface area (Å²) in [6, 6.07) is 0. The minimum absolute atomic E-state index is 0.201. The Hall–Kier alpha value is -1.24. The number of halogens is 3. The summed E-state index contributed by atoms with van der Waals surface area (Å²) in [5.74, 6) is -0.201. The van der Waals surface area contributed by atoms with E-state index in [9.17, 15) is 13.2 Å². The van der Waals surface area contributed by atoms with Crippen molar-refractivity contribution in [3.63, 3.8) is 0 Å². The molecular formula is C8H15F3N4. The average molecular weight is 224 g/mol. The molecule has 0 radical (unpaired) electrons. The lowest BCUT2D eigenvalue weighted by Crippen LogP contribution is -2.38. The summed E-state index contributed by atoms with van der Waals surface area (Å²) in [7, 11) is 3.29. The molecule has 0 spiro atoms. The maximum atomic E-state index is 12.0. The number of hydrogen-bond acceptors (Lipinski definition) is 2. The van der Waals surface area contributed by atoms with Crippen molar-refractivity contribution in [1.29, 1.82) is 0 Å². The highest BCUT2D eigenvalue weighted by molar-refractivity contribution is 5.78. The van der Waals surface area contributed by atoms with Crippen LogP contribution in [0, 0.1) is 0 Å². The van der Waals surface area contributed by atoms with Gasteiger partial charge in [-0.15, -0.1) is 0 Å². The molecule has 7 heteroatoms. The van der Waals surface area contributed by atoms with Crippen LogP contribution in [0.15, 0.2) is 17.3 Å². The van der Waals surface area contributed by atoms with Gasteiger partial charge in [0.25, 0.3) is 0 Å². The van der Waals surface area contributed by atoms with Crippen LogP contribution in [-0.4, -0.2) is 44.2 Å². The Bertz CT molecular complexity index is 247. The first-order valence-corrected chi connectivity index (χ1v) is 4.25. The van der Waals surface area contributed by atoms with E-state index in [4.69, 9.17) is 5.73 Å². The molecule has 15 heavy (non-hydrogen) atoms. The number of rotatable bonds is 4. The number of nitrogens with one attached hydrogen (secondary N) is 1. The van der Waals surface area contributed by atoms with Crippen molar-refractivity contribution in [3.8, 4) is 0 Å². The summed E-state index contributed by atoms with van der Waals surface area (Å²) in [6.07, 6.45) is -4.53. The highest BCUT2D eigenvalue weighted by Gasteiger charge is 2.32. The maximum Gasteiger partial charge on any atom is 0.432 e. The standard InChI is InChI=1S/C8H15F3N4/c1-6(8(9,10)11)14-7(12)15(3)5-4-13-2/h13H,1,4-5H2,2-3H3,(H2,12,14). The van der Waals surface area contributed by atoms with Crippen LogP contribution in [0.4, 0.5) is 13.2 Å². The van der Waals surface area contributed by atoms with Crippen molar-refractivity contribution in [2.24, 2.45) is 10.7 Å². The zero-order valence-corrected chi connectivity index (χ0v) is 8.73. The molecule has 0 aliphatic heterocycles. The summed E-state index contributed by atoms with van der Waals surface area (Å²) >= 11 is 0. The molecule has 0 aliphatic rings. The highest BCUT2D eigenvalue weighted by Crippen LogP contribution is 2.24. The van der Waals surface area contributed by atoms with Gasteiger partial charge in [0.15, 0.2) is 5.96 Å². The van der Waals surface area contributed by atoms with Crippen LogP contribution in [0.25, 0.3) is 0 Å². The predicted octanol–water partition coefficient (Wildman–Crippen LogP) is 0.528. The number of aliphatic imine (C=N–C) groups is 1. The van der Waals surface area contributed by atoms with Crippen LogP contribution in [0.3, 0.4) is 0 Å². The Morgan fingerprint density at radius 3 is 2.47 bits per heavy atom. The van der Waals surface area contributed by atoms with E-state index in [1.165, 1.54) is 4.90 Å². The molecule has 0 rings (SSSR count). The van der Waals surface area contributed by atoms with Gasteiger partial charge in [0.2, 0.25) is 0 Å². The summed E-state index contributed by atoms with van der Waals surface area (Å²) in [5.41, 5.74) is 4.15. The lowest BCUT2D eigenvalue weighted by atomic mass is 10.5. The van der Waals surface area contributed by atoms with Gasteiger partial charge < -0.3 is 16.0 Å². The van der Waals surface area contributed by atoms with Crippen molar-refractivity contribution >= 4 is 5.96 Å². The Labute approximate surface area is 86.6 Å². The molecule has 0 amide bonds. The molecule has 4 nitrogen and oxygen atoms in total. The van der Waals surface area contributed by atoms with E-state index in [0.29, 0.717) is 13.1 Å². The van der Waals surface area contributed by atoms with Crippen LogP contribution >= 0.6 is 0 Å². The lowest BCUT2D eigenvalue weighted by Gasteiger charge is -2.18. The van der Waals surface area contributed by atoms with E-state index in [0.717, 1.165) is 0 Å². The number of hydrogen-bond donors (Lipinski definition) is 2. The van der Waals surface area contributed by atoms with Gasteiger partial charge in [-0.2, -0.15) is 13.2 Å². The fraction of sp³-hybridized carbons (Fsp3) is 0.625. The predicted molar refractivity (Wildman–Crippen MR) is 53.4 cm³/mol. The molecule has 0 bridgehead atoms. The minimum Gasteiger partial charge on any atom is -0.370 e. The summed E-state index contributed by atoms with van der Waals surface area (Å²) in [4.78, 5) is 4.58. The Balaban J connectivity index is 4.36. The van der Waals surface area contributed by atoms with E-state index in [1.54, 1.807) is 14.1 Å². The number of allylic oxidation sites excluding steroid dienone is 1. The molecule has 0 aromatic carbocycles. The third kappa shape index (κ3) is 5.26. The normalized spacial score (nSPS) is 12.7. The molecule has 0 heterocycles. The molecule has 0 aliphatic carbocycles. The first kappa shape index (κ1) is 13.8. The monoisotopic (exact) mass is 224 g/mol. The third-order valence-corrected chi connectivity index (χ3v) is 1.67. The van der Waals surface area contributed by atoms with Gasteiger partial charge in [0.1, 0.15) is 5.70 Å². The molecule has 0 atom stereocenters. The van der Waals surface area contributed by atoms with Gasteiger partial charge in [-0.1, -0.05) is 6.58 Å². The second-order valence-electron chi connectivity index (χ2n) is 2.94. The summed E-state index contributed by atoms with van der Waals surface area (Å²) in [6.45, 7) is 3.87. The van der Waals surface area contributed by atoms with Crippen molar-refractivity contribution in [3.05, 3.63) is 12.3 Å². The van der Waals surface area contributed by atoms with Crippen LogP contribution < -0.4 is 11.1 Å². The van der Waals surface area contributed by atoms with Crippen LogP contribution in [0.1, 0.15) is 0 Å². The van der Waals surface area contributed by atoms with E-state index in [-0.39, 0.29) is 5.96 Å². The molecule has 0 aromatic heterocycles. The number of alkyl halides is 3. The van der Waals surface area contributed by atoms with Gasteiger partial charge in [0.05, 0.1) is 0 Å². The largest absolute Gasteiger partial charge is 0.432 e. The first-order valence-electron chi connectivity index (χ1n) is 4.25. The van der Waals surface area contributed by atoms with Crippen molar-refractivity contribution in [1.82, 2.24) is 10.2 Å². The number of guanidine groups is 1. The molecule has 0 unspecified atom stereocenters. The van der Waals surface area contributed by atoms with E-state index < -0.39 is 11.9 Å². The number of nitrogens with zero attached hydrogens (tertiary/aromatic N) is 2. The van der Waals surface area contributed by atoms with Crippen LogP contribution in [-0.2, 0) is 0 Å². The second-order valence-corrected chi connectivity index (χ2v) is 2.94. The topological polar surface area (TPSA) is 53.6 Å². The Morgan fingerprint density at radius 2 is 2.07 bits per heavy atom. The smallest absolute Gasteiger partial charge is 0.370 e. The van der Waals surface area contributed by atoms with Crippen LogP contribution in [0.2, 0.25) is 0 Å². The molecule has 0 saturated carbocycles. The molecular weight excluding hydrogens is 209 g/mol. The van der Waals surface area contributed by atoms with Crippen molar-refractivity contribution in [2.75, 3.05) is 27.2 Å².